The van der Waals surface area contributed by atoms with Crippen LogP contribution in [0.15, 0.2) is 47.9 Å². The number of carbonyl (C=O) groups is 1. The van der Waals surface area contributed by atoms with Crippen molar-refractivity contribution in [3.8, 4) is 5.75 Å². The summed E-state index contributed by atoms with van der Waals surface area (Å²) in [6.45, 7) is 8.09. The molecule has 182 valence electrons. The maximum Gasteiger partial charge on any atom is 0.341 e. The Bertz CT molecular complexity index is 1170. The van der Waals surface area contributed by atoms with Crippen LogP contribution in [0.5, 0.6) is 5.75 Å². The van der Waals surface area contributed by atoms with E-state index in [0.29, 0.717) is 50.1 Å². The predicted molar refractivity (Wildman–Crippen MR) is 131 cm³/mol. The molecule has 7 nitrogen and oxygen atoms in total. The number of hydrogen-bond acceptors (Lipinski definition) is 6. The summed E-state index contributed by atoms with van der Waals surface area (Å²) in [6.07, 6.45) is 4.23. The Morgan fingerprint density at radius 3 is 2.65 bits per heavy atom. The second-order valence-corrected chi connectivity index (χ2v) is 10.7. The Balaban J connectivity index is 1.66. The fourth-order valence-electron chi connectivity index (χ4n) is 4.47. The molecule has 0 saturated carbocycles. The Hall–Kier alpha value is -2.84. The minimum atomic E-state index is -3.91. The highest BCUT2D eigenvalue weighted by Crippen LogP contribution is 2.39. The number of rotatable bonds is 7. The van der Waals surface area contributed by atoms with Crippen LogP contribution in [0, 0.1) is 5.92 Å². The minimum absolute atomic E-state index is 0.0274. The Morgan fingerprint density at radius 1 is 1.18 bits per heavy atom. The third-order valence-electron chi connectivity index (χ3n) is 6.61. The van der Waals surface area contributed by atoms with Crippen molar-refractivity contribution in [1.82, 2.24) is 0 Å². The van der Waals surface area contributed by atoms with E-state index in [1.54, 1.807) is 12.1 Å². The van der Waals surface area contributed by atoms with Gasteiger partial charge in [0.25, 0.3) is 10.0 Å². The summed E-state index contributed by atoms with van der Waals surface area (Å²) >= 11 is 0. The van der Waals surface area contributed by atoms with E-state index in [-0.39, 0.29) is 16.4 Å². The lowest BCUT2D eigenvalue weighted by atomic mass is 9.91. The Morgan fingerprint density at radius 2 is 1.94 bits per heavy atom. The molecule has 2 aliphatic heterocycles. The maximum atomic E-state index is 13.7. The van der Waals surface area contributed by atoms with Gasteiger partial charge in [-0.05, 0) is 72.6 Å². The first kappa shape index (κ1) is 24.3. The molecule has 2 aromatic carbocycles. The zero-order valence-corrected chi connectivity index (χ0v) is 20.5. The molecule has 0 aliphatic carbocycles. The standard InChI is InChI=1S/C26H31NO6S/c1-4-19-5-7-24-22(15-19)18(2)9-12-27(24)34(29,30)21-6-8-25(23(16-21)26(28)31-3)33-17-20-10-13-32-14-11-20/h4-8,15-16,18,20H,1,9-14,17H2,2-3H3. The summed E-state index contributed by atoms with van der Waals surface area (Å²) in [4.78, 5) is 12.5. The van der Waals surface area contributed by atoms with Crippen LogP contribution in [0.1, 0.15) is 53.6 Å². The van der Waals surface area contributed by atoms with Gasteiger partial charge in [0.2, 0.25) is 0 Å². The number of hydrogen-bond donors (Lipinski definition) is 0. The average Bonchev–Trinajstić information content (AvgIpc) is 2.87. The molecule has 0 spiro atoms. The fourth-order valence-corrected chi connectivity index (χ4v) is 6.00. The first-order chi connectivity index (χ1) is 16.3. The van der Waals surface area contributed by atoms with E-state index in [1.165, 1.54) is 23.5 Å². The van der Waals surface area contributed by atoms with Crippen LogP contribution in [-0.4, -0.2) is 47.9 Å². The van der Waals surface area contributed by atoms with Crippen LogP contribution in [0.25, 0.3) is 6.08 Å². The molecular weight excluding hydrogens is 454 g/mol. The number of esters is 1. The summed E-state index contributed by atoms with van der Waals surface area (Å²) in [5.41, 5.74) is 2.67. The zero-order chi connectivity index (χ0) is 24.3. The van der Waals surface area contributed by atoms with Crippen LogP contribution in [0.4, 0.5) is 5.69 Å². The van der Waals surface area contributed by atoms with Crippen molar-refractivity contribution < 1.29 is 27.4 Å². The van der Waals surface area contributed by atoms with Gasteiger partial charge in [0, 0.05) is 19.8 Å². The van der Waals surface area contributed by atoms with Crippen molar-refractivity contribution in [1.29, 1.82) is 0 Å². The number of methoxy groups -OCH3 is 1. The minimum Gasteiger partial charge on any atom is -0.492 e. The highest BCUT2D eigenvalue weighted by molar-refractivity contribution is 7.92. The number of nitrogens with zero attached hydrogens (tertiary/aromatic N) is 1. The molecule has 1 saturated heterocycles. The van der Waals surface area contributed by atoms with Crippen molar-refractivity contribution in [2.45, 2.75) is 37.0 Å². The molecule has 2 aliphatic rings. The maximum absolute atomic E-state index is 13.7. The van der Waals surface area contributed by atoms with Crippen LogP contribution >= 0.6 is 0 Å². The number of carbonyl (C=O) groups excluding carboxylic acids is 1. The first-order valence-electron chi connectivity index (χ1n) is 11.6. The highest BCUT2D eigenvalue weighted by Gasteiger charge is 2.33. The van der Waals surface area contributed by atoms with Crippen LogP contribution in [0.2, 0.25) is 0 Å². The van der Waals surface area contributed by atoms with Crippen LogP contribution in [0.3, 0.4) is 0 Å². The summed E-state index contributed by atoms with van der Waals surface area (Å²) in [6, 6.07) is 10.1. The molecule has 8 heteroatoms. The van der Waals surface area contributed by atoms with E-state index in [1.807, 2.05) is 18.2 Å². The monoisotopic (exact) mass is 485 g/mol. The molecule has 1 fully saturated rings. The average molecular weight is 486 g/mol. The van der Waals surface area contributed by atoms with Crippen molar-refractivity contribution >= 4 is 27.8 Å². The van der Waals surface area contributed by atoms with Gasteiger partial charge in [-0.1, -0.05) is 25.6 Å². The Kier molecular flexibility index (Phi) is 7.28. The van der Waals surface area contributed by atoms with Gasteiger partial charge < -0.3 is 14.2 Å². The first-order valence-corrected chi connectivity index (χ1v) is 13.0. The van der Waals surface area contributed by atoms with Crippen molar-refractivity contribution in [2.75, 3.05) is 37.8 Å². The number of benzene rings is 2. The molecule has 2 heterocycles. The molecule has 0 N–H and O–H groups in total. The highest BCUT2D eigenvalue weighted by atomic mass is 32.2. The Labute approximate surface area is 201 Å². The topological polar surface area (TPSA) is 82.1 Å². The third kappa shape index (κ3) is 4.83. The lowest BCUT2D eigenvalue weighted by Crippen LogP contribution is -2.36. The fraction of sp³-hybridized carbons (Fsp3) is 0.423. The van der Waals surface area contributed by atoms with E-state index in [4.69, 9.17) is 14.2 Å². The largest absolute Gasteiger partial charge is 0.492 e. The van der Waals surface area contributed by atoms with Crippen LogP contribution in [-0.2, 0) is 19.5 Å². The molecule has 0 aromatic heterocycles. The molecule has 34 heavy (non-hydrogen) atoms. The zero-order valence-electron chi connectivity index (χ0n) is 19.7. The number of ether oxygens (including phenoxy) is 3. The van der Waals surface area contributed by atoms with Crippen molar-refractivity contribution in [3.63, 3.8) is 0 Å². The molecule has 2 aromatic rings. The van der Waals surface area contributed by atoms with Gasteiger partial charge in [-0.15, -0.1) is 0 Å². The van der Waals surface area contributed by atoms with Crippen molar-refractivity contribution in [2.24, 2.45) is 5.92 Å². The molecule has 1 unspecified atom stereocenters. The molecular formula is C26H31NO6S. The van der Waals surface area contributed by atoms with Crippen molar-refractivity contribution in [3.05, 3.63) is 59.7 Å². The van der Waals surface area contributed by atoms with Gasteiger partial charge in [-0.25, -0.2) is 13.2 Å². The summed E-state index contributed by atoms with van der Waals surface area (Å²) in [7, 11) is -2.64. The smallest absolute Gasteiger partial charge is 0.341 e. The van der Waals surface area contributed by atoms with Gasteiger partial charge in [0.15, 0.2) is 0 Å². The van der Waals surface area contributed by atoms with E-state index in [0.717, 1.165) is 24.0 Å². The number of fused-ring (bicyclic) bond motifs is 1. The SMILES string of the molecule is C=Cc1ccc2c(c1)C(C)CCN2S(=O)(=O)c1ccc(OCC2CCOCC2)c(C(=O)OC)c1. The van der Waals surface area contributed by atoms with E-state index < -0.39 is 16.0 Å². The molecule has 4 rings (SSSR count). The molecule has 0 amide bonds. The quantitative estimate of drug-likeness (QED) is 0.532. The summed E-state index contributed by atoms with van der Waals surface area (Å²) < 4.78 is 45.0. The van der Waals surface area contributed by atoms with E-state index in [2.05, 4.69) is 13.5 Å². The van der Waals surface area contributed by atoms with Gasteiger partial charge in [-0.3, -0.25) is 4.31 Å². The van der Waals surface area contributed by atoms with E-state index >= 15 is 0 Å². The van der Waals surface area contributed by atoms with Gasteiger partial charge >= 0.3 is 5.97 Å². The van der Waals surface area contributed by atoms with E-state index in [9.17, 15) is 13.2 Å². The normalized spacial score (nSPS) is 18.8. The summed E-state index contributed by atoms with van der Waals surface area (Å²) in [5.74, 6) is 0.241. The van der Waals surface area contributed by atoms with Gasteiger partial charge in [-0.2, -0.15) is 0 Å². The van der Waals surface area contributed by atoms with Crippen LogP contribution < -0.4 is 9.04 Å². The van der Waals surface area contributed by atoms with Gasteiger partial charge in [0.1, 0.15) is 11.3 Å². The second kappa shape index (κ2) is 10.2. The lowest BCUT2D eigenvalue weighted by molar-refractivity contribution is 0.0483. The lowest BCUT2D eigenvalue weighted by Gasteiger charge is -2.34. The molecule has 1 atom stereocenters. The predicted octanol–water partition coefficient (Wildman–Crippen LogP) is 4.62. The second-order valence-electron chi connectivity index (χ2n) is 8.81. The summed E-state index contributed by atoms with van der Waals surface area (Å²) in [5, 5.41) is 0. The van der Waals surface area contributed by atoms with Gasteiger partial charge in [0.05, 0.1) is 24.3 Å². The molecule has 0 bridgehead atoms. The number of anilines is 1. The third-order valence-corrected chi connectivity index (χ3v) is 8.42. The number of sulfonamides is 1. The molecule has 0 radical (unpaired) electrons.